The molecule has 0 N–H and O–H groups in total. The summed E-state index contributed by atoms with van der Waals surface area (Å²) in [5.74, 6) is 0. The fourth-order valence-electron chi connectivity index (χ4n) is 2.72. The molecule has 1 aliphatic rings. The lowest BCUT2D eigenvalue weighted by Crippen LogP contribution is -2.38. The van der Waals surface area contributed by atoms with Crippen LogP contribution in [0.2, 0.25) is 0 Å². The van der Waals surface area contributed by atoms with Crippen LogP contribution >= 0.6 is 0 Å². The van der Waals surface area contributed by atoms with Crippen molar-refractivity contribution in [3.8, 4) is 0 Å². The normalized spacial score (nSPS) is 17.9. The van der Waals surface area contributed by atoms with Gasteiger partial charge in [0.25, 0.3) is 0 Å². The molecule has 0 saturated carbocycles. The summed E-state index contributed by atoms with van der Waals surface area (Å²) in [5.41, 5.74) is 2.58. The fraction of sp³-hybridized carbons (Fsp3) is 0.263. The molecule has 2 aromatic rings. The van der Waals surface area contributed by atoms with Crippen molar-refractivity contribution in [2.75, 3.05) is 26.3 Å². The zero-order chi connectivity index (χ0) is 14.3. The van der Waals surface area contributed by atoms with Gasteiger partial charge in [-0.25, -0.2) is 0 Å². The zero-order valence-corrected chi connectivity index (χ0v) is 12.2. The molecule has 3 rings (SSSR count). The molecule has 1 heterocycles. The summed E-state index contributed by atoms with van der Waals surface area (Å²) in [6, 6.07) is 21.5. The Morgan fingerprint density at radius 1 is 0.857 bits per heavy atom. The monoisotopic (exact) mass is 279 g/mol. The van der Waals surface area contributed by atoms with E-state index < -0.39 is 0 Å². The SMILES string of the molecule is C(=C\[C@H](c1ccccc1)N1CCOCC1)/c1ccccc1. The molecule has 1 atom stereocenters. The maximum Gasteiger partial charge on any atom is 0.0594 e. The van der Waals surface area contributed by atoms with Gasteiger partial charge in [-0.1, -0.05) is 72.8 Å². The van der Waals surface area contributed by atoms with Gasteiger partial charge >= 0.3 is 0 Å². The van der Waals surface area contributed by atoms with Gasteiger partial charge in [-0.2, -0.15) is 0 Å². The molecule has 0 bridgehead atoms. The number of morpholine rings is 1. The Bertz CT molecular complexity index is 559. The molecule has 1 aliphatic heterocycles. The minimum absolute atomic E-state index is 0.315. The van der Waals surface area contributed by atoms with Gasteiger partial charge < -0.3 is 4.74 Å². The Morgan fingerprint density at radius 3 is 2.14 bits per heavy atom. The van der Waals surface area contributed by atoms with E-state index in [2.05, 4.69) is 71.6 Å². The van der Waals surface area contributed by atoms with E-state index in [4.69, 9.17) is 4.74 Å². The first-order chi connectivity index (χ1) is 10.4. The van der Waals surface area contributed by atoms with Crippen LogP contribution in [0, 0.1) is 0 Å². The van der Waals surface area contributed by atoms with Crippen molar-refractivity contribution in [3.63, 3.8) is 0 Å². The zero-order valence-electron chi connectivity index (χ0n) is 12.2. The highest BCUT2D eigenvalue weighted by Gasteiger charge is 2.19. The largest absolute Gasteiger partial charge is 0.379 e. The van der Waals surface area contributed by atoms with Gasteiger partial charge in [0.2, 0.25) is 0 Å². The number of rotatable bonds is 4. The Morgan fingerprint density at radius 2 is 1.48 bits per heavy atom. The highest BCUT2D eigenvalue weighted by molar-refractivity contribution is 5.50. The third-order valence-electron chi connectivity index (χ3n) is 3.85. The quantitative estimate of drug-likeness (QED) is 0.844. The number of hydrogen-bond donors (Lipinski definition) is 0. The highest BCUT2D eigenvalue weighted by atomic mass is 16.5. The van der Waals surface area contributed by atoms with Crippen LogP contribution in [0.3, 0.4) is 0 Å². The van der Waals surface area contributed by atoms with E-state index in [1.54, 1.807) is 0 Å². The van der Waals surface area contributed by atoms with Crippen molar-refractivity contribution in [2.24, 2.45) is 0 Å². The summed E-state index contributed by atoms with van der Waals surface area (Å²) in [6.45, 7) is 3.61. The van der Waals surface area contributed by atoms with Crippen LogP contribution in [0.1, 0.15) is 17.2 Å². The minimum Gasteiger partial charge on any atom is -0.379 e. The van der Waals surface area contributed by atoms with Crippen molar-refractivity contribution in [3.05, 3.63) is 77.9 Å². The van der Waals surface area contributed by atoms with Crippen molar-refractivity contribution in [1.82, 2.24) is 4.90 Å². The second kappa shape index (κ2) is 7.21. The van der Waals surface area contributed by atoms with Crippen LogP contribution in [-0.4, -0.2) is 31.2 Å². The predicted octanol–water partition coefficient (Wildman–Crippen LogP) is 3.77. The van der Waals surface area contributed by atoms with E-state index in [9.17, 15) is 0 Å². The van der Waals surface area contributed by atoms with Gasteiger partial charge in [0.15, 0.2) is 0 Å². The van der Waals surface area contributed by atoms with E-state index in [1.165, 1.54) is 11.1 Å². The van der Waals surface area contributed by atoms with Crippen molar-refractivity contribution < 1.29 is 4.74 Å². The van der Waals surface area contributed by atoms with Gasteiger partial charge in [0.05, 0.1) is 19.3 Å². The lowest BCUT2D eigenvalue weighted by Gasteiger charge is -2.33. The Hall–Kier alpha value is -1.90. The van der Waals surface area contributed by atoms with E-state index in [0.717, 1.165) is 26.3 Å². The molecule has 0 amide bonds. The molecular weight excluding hydrogens is 258 g/mol. The Kier molecular flexibility index (Phi) is 4.82. The van der Waals surface area contributed by atoms with Crippen LogP contribution in [0.25, 0.3) is 6.08 Å². The van der Waals surface area contributed by atoms with Crippen molar-refractivity contribution in [1.29, 1.82) is 0 Å². The van der Waals surface area contributed by atoms with Crippen LogP contribution in [0.4, 0.5) is 0 Å². The van der Waals surface area contributed by atoms with Crippen LogP contribution < -0.4 is 0 Å². The first-order valence-electron chi connectivity index (χ1n) is 7.53. The summed E-state index contributed by atoms with van der Waals surface area (Å²) < 4.78 is 5.48. The molecule has 21 heavy (non-hydrogen) atoms. The Labute approximate surface area is 126 Å². The number of nitrogens with zero attached hydrogens (tertiary/aromatic N) is 1. The molecule has 2 nitrogen and oxygen atoms in total. The lowest BCUT2D eigenvalue weighted by atomic mass is 10.0. The van der Waals surface area contributed by atoms with Gasteiger partial charge in [-0.3, -0.25) is 4.90 Å². The van der Waals surface area contributed by atoms with E-state index >= 15 is 0 Å². The molecule has 0 spiro atoms. The van der Waals surface area contributed by atoms with Crippen LogP contribution in [-0.2, 0) is 4.74 Å². The smallest absolute Gasteiger partial charge is 0.0594 e. The fourth-order valence-corrected chi connectivity index (χ4v) is 2.72. The lowest BCUT2D eigenvalue weighted by molar-refractivity contribution is 0.0254. The highest BCUT2D eigenvalue weighted by Crippen LogP contribution is 2.24. The predicted molar refractivity (Wildman–Crippen MR) is 87.1 cm³/mol. The maximum absolute atomic E-state index is 5.48. The first-order valence-corrected chi connectivity index (χ1v) is 7.53. The molecule has 2 heteroatoms. The topological polar surface area (TPSA) is 12.5 Å². The summed E-state index contributed by atoms with van der Waals surface area (Å²) in [4.78, 5) is 2.48. The summed E-state index contributed by atoms with van der Waals surface area (Å²) in [6.07, 6.45) is 4.52. The standard InChI is InChI=1S/C19H21NO/c1-3-7-17(8-4-1)11-12-19(18-9-5-2-6-10-18)20-13-15-21-16-14-20/h1-12,19H,13-16H2/b12-11+/t19-/m1/s1. The van der Waals surface area contributed by atoms with Crippen molar-refractivity contribution in [2.45, 2.75) is 6.04 Å². The van der Waals surface area contributed by atoms with Gasteiger partial charge in [0.1, 0.15) is 0 Å². The molecule has 0 aliphatic carbocycles. The van der Waals surface area contributed by atoms with E-state index in [-0.39, 0.29) is 0 Å². The molecule has 0 radical (unpaired) electrons. The average Bonchev–Trinajstić information content (AvgIpc) is 2.58. The molecule has 0 unspecified atom stereocenters. The second-order valence-corrected chi connectivity index (χ2v) is 5.27. The van der Waals surface area contributed by atoms with Crippen LogP contribution in [0.5, 0.6) is 0 Å². The summed E-state index contributed by atoms with van der Waals surface area (Å²) >= 11 is 0. The van der Waals surface area contributed by atoms with E-state index in [1.807, 2.05) is 6.07 Å². The molecule has 1 saturated heterocycles. The molecule has 2 aromatic carbocycles. The van der Waals surface area contributed by atoms with Gasteiger partial charge in [-0.05, 0) is 11.1 Å². The number of benzene rings is 2. The third-order valence-corrected chi connectivity index (χ3v) is 3.85. The van der Waals surface area contributed by atoms with Crippen LogP contribution in [0.15, 0.2) is 66.7 Å². The number of ether oxygens (including phenoxy) is 1. The Balaban J connectivity index is 1.83. The second-order valence-electron chi connectivity index (χ2n) is 5.27. The first kappa shape index (κ1) is 14.1. The molecular formula is C19H21NO. The molecule has 108 valence electrons. The molecule has 0 aromatic heterocycles. The average molecular weight is 279 g/mol. The van der Waals surface area contributed by atoms with Gasteiger partial charge in [-0.15, -0.1) is 0 Å². The molecule has 1 fully saturated rings. The number of hydrogen-bond acceptors (Lipinski definition) is 2. The summed E-state index contributed by atoms with van der Waals surface area (Å²) in [7, 11) is 0. The van der Waals surface area contributed by atoms with Gasteiger partial charge in [0, 0.05) is 13.1 Å². The third kappa shape index (κ3) is 3.81. The van der Waals surface area contributed by atoms with E-state index in [0.29, 0.717) is 6.04 Å². The maximum atomic E-state index is 5.48. The summed E-state index contributed by atoms with van der Waals surface area (Å²) in [5, 5.41) is 0. The van der Waals surface area contributed by atoms with Crippen molar-refractivity contribution >= 4 is 6.08 Å². The minimum atomic E-state index is 0.315.